The monoisotopic (exact) mass is 261 g/mol. The Kier molecular flexibility index (Phi) is 4.03. The number of amides is 1. The third-order valence-electron chi connectivity index (χ3n) is 2.57. The Morgan fingerprint density at radius 2 is 2.12 bits per heavy atom. The minimum atomic E-state index is -1.25. The molecule has 0 radical (unpaired) electrons. The van der Waals surface area contributed by atoms with Crippen molar-refractivity contribution in [2.24, 2.45) is 0 Å². The summed E-state index contributed by atoms with van der Waals surface area (Å²) in [6, 6.07) is -0.980. The van der Waals surface area contributed by atoms with Crippen LogP contribution in [0.5, 0.6) is 0 Å². The fourth-order valence-corrected chi connectivity index (χ4v) is 3.15. The van der Waals surface area contributed by atoms with Gasteiger partial charge in [0.1, 0.15) is 6.04 Å². The summed E-state index contributed by atoms with van der Waals surface area (Å²) in [6.07, 6.45) is 0. The normalized spacial score (nSPS) is 27.9. The van der Waals surface area contributed by atoms with E-state index in [-0.39, 0.29) is 12.4 Å². The Hall–Kier alpha value is -1.24. The van der Waals surface area contributed by atoms with E-state index >= 15 is 0 Å². The highest BCUT2D eigenvalue weighted by atomic mass is 32.2. The van der Waals surface area contributed by atoms with Gasteiger partial charge in [-0.25, -0.2) is 9.59 Å². The van der Waals surface area contributed by atoms with Crippen LogP contribution in [0.2, 0.25) is 0 Å². The molecule has 0 spiro atoms. The van der Waals surface area contributed by atoms with E-state index in [1.807, 2.05) is 0 Å². The predicted octanol–water partition coefficient (Wildman–Crippen LogP) is 0.314. The number of hydrogen-bond acceptors (Lipinski definition) is 5. The second-order valence-corrected chi connectivity index (χ2v) is 5.17. The lowest BCUT2D eigenvalue weighted by Crippen LogP contribution is -2.54. The molecule has 0 aliphatic carbocycles. The predicted molar refractivity (Wildman–Crippen MR) is 61.4 cm³/mol. The fourth-order valence-electron chi connectivity index (χ4n) is 1.81. The summed E-state index contributed by atoms with van der Waals surface area (Å²) >= 11 is 1.12. The van der Waals surface area contributed by atoms with Crippen molar-refractivity contribution in [2.45, 2.75) is 31.7 Å². The zero-order valence-corrected chi connectivity index (χ0v) is 10.7. The molecule has 0 aromatic carbocycles. The number of carboxylic acids is 1. The first-order valence-electron chi connectivity index (χ1n) is 5.18. The van der Waals surface area contributed by atoms with Crippen molar-refractivity contribution in [3.05, 3.63) is 0 Å². The Labute approximate surface area is 103 Å². The van der Waals surface area contributed by atoms with Crippen LogP contribution in [0.1, 0.15) is 20.8 Å². The molecular weight excluding hydrogens is 246 g/mol. The van der Waals surface area contributed by atoms with Crippen LogP contribution in [0.4, 0.5) is 0 Å². The lowest BCUT2D eigenvalue weighted by Gasteiger charge is -2.33. The summed E-state index contributed by atoms with van der Waals surface area (Å²) in [5.74, 6) is -1.95. The number of aliphatic carboxylic acids is 1. The minimum Gasteiger partial charge on any atom is -0.480 e. The van der Waals surface area contributed by atoms with E-state index in [9.17, 15) is 14.4 Å². The number of carboxylic acid groups (broad SMARTS) is 1. The number of hydrogen-bond donors (Lipinski definition) is 1. The molecule has 1 amide bonds. The van der Waals surface area contributed by atoms with Crippen LogP contribution < -0.4 is 0 Å². The minimum absolute atomic E-state index is 0.185. The van der Waals surface area contributed by atoms with Crippen molar-refractivity contribution in [3.8, 4) is 0 Å². The topological polar surface area (TPSA) is 83.9 Å². The Bertz CT molecular complexity index is 359. The fraction of sp³-hybridized carbons (Fsp3) is 0.700. The lowest BCUT2D eigenvalue weighted by atomic mass is 10.2. The van der Waals surface area contributed by atoms with Gasteiger partial charge in [-0.1, -0.05) is 0 Å². The van der Waals surface area contributed by atoms with Crippen LogP contribution in [-0.4, -0.2) is 51.1 Å². The molecule has 0 aromatic heterocycles. The van der Waals surface area contributed by atoms with E-state index in [1.54, 1.807) is 6.92 Å². The zero-order chi connectivity index (χ0) is 13.2. The average Bonchev–Trinajstić information content (AvgIpc) is 2.58. The number of ether oxygens (including phenoxy) is 1. The van der Waals surface area contributed by atoms with Gasteiger partial charge >= 0.3 is 11.9 Å². The van der Waals surface area contributed by atoms with Crippen molar-refractivity contribution >= 4 is 29.6 Å². The van der Waals surface area contributed by atoms with Crippen molar-refractivity contribution in [1.82, 2.24) is 4.90 Å². The first-order valence-corrected chi connectivity index (χ1v) is 6.17. The SMILES string of the molecule is CCOC(=O)[C@]1(C)SC[C@H](C(=O)O)N1C(C)=O. The van der Waals surface area contributed by atoms with Crippen molar-refractivity contribution in [2.75, 3.05) is 12.4 Å². The highest BCUT2D eigenvalue weighted by Crippen LogP contribution is 2.40. The van der Waals surface area contributed by atoms with Crippen LogP contribution in [-0.2, 0) is 19.1 Å². The summed E-state index contributed by atoms with van der Waals surface area (Å²) in [4.78, 5) is 34.2. The summed E-state index contributed by atoms with van der Waals surface area (Å²) < 4.78 is 4.89. The molecule has 17 heavy (non-hydrogen) atoms. The highest BCUT2D eigenvalue weighted by Gasteiger charge is 2.54. The van der Waals surface area contributed by atoms with Crippen LogP contribution in [0, 0.1) is 0 Å². The molecule has 1 saturated heterocycles. The molecule has 1 aliphatic rings. The van der Waals surface area contributed by atoms with Crippen LogP contribution >= 0.6 is 11.8 Å². The molecule has 1 heterocycles. The number of thioether (sulfide) groups is 1. The van der Waals surface area contributed by atoms with E-state index in [2.05, 4.69) is 0 Å². The maximum atomic E-state index is 11.8. The molecule has 0 saturated carbocycles. The largest absolute Gasteiger partial charge is 0.480 e. The number of carbonyl (C=O) groups excluding carboxylic acids is 2. The van der Waals surface area contributed by atoms with E-state index < -0.39 is 28.8 Å². The Morgan fingerprint density at radius 3 is 2.53 bits per heavy atom. The average molecular weight is 261 g/mol. The lowest BCUT2D eigenvalue weighted by molar-refractivity contribution is -0.160. The quantitative estimate of drug-likeness (QED) is 0.736. The van der Waals surface area contributed by atoms with Gasteiger partial charge in [-0.2, -0.15) is 0 Å². The summed E-state index contributed by atoms with van der Waals surface area (Å²) in [7, 11) is 0. The summed E-state index contributed by atoms with van der Waals surface area (Å²) in [5.41, 5.74) is 0. The summed E-state index contributed by atoms with van der Waals surface area (Å²) in [5, 5.41) is 9.02. The molecular formula is C10H15NO5S. The molecule has 1 aliphatic heterocycles. The molecule has 7 heteroatoms. The van der Waals surface area contributed by atoms with E-state index in [4.69, 9.17) is 9.84 Å². The molecule has 2 atom stereocenters. The molecule has 1 rings (SSSR count). The maximum Gasteiger partial charge on any atom is 0.342 e. The number of carbonyl (C=O) groups is 3. The van der Waals surface area contributed by atoms with Gasteiger partial charge < -0.3 is 14.7 Å². The third-order valence-corrected chi connectivity index (χ3v) is 3.98. The number of esters is 1. The van der Waals surface area contributed by atoms with E-state index in [0.717, 1.165) is 16.7 Å². The second kappa shape index (κ2) is 4.95. The zero-order valence-electron chi connectivity index (χ0n) is 9.93. The second-order valence-electron chi connectivity index (χ2n) is 3.76. The van der Waals surface area contributed by atoms with Crippen LogP contribution in [0.15, 0.2) is 0 Å². The van der Waals surface area contributed by atoms with Crippen LogP contribution in [0.3, 0.4) is 0 Å². The molecule has 1 N–H and O–H groups in total. The molecule has 0 unspecified atom stereocenters. The van der Waals surface area contributed by atoms with Gasteiger partial charge in [-0.15, -0.1) is 11.8 Å². The molecule has 6 nitrogen and oxygen atoms in total. The Balaban J connectivity index is 3.04. The van der Waals surface area contributed by atoms with Gasteiger partial charge in [-0.05, 0) is 13.8 Å². The van der Waals surface area contributed by atoms with Gasteiger partial charge in [0.25, 0.3) is 0 Å². The number of rotatable bonds is 3. The maximum absolute atomic E-state index is 11.8. The molecule has 1 fully saturated rings. The van der Waals surface area contributed by atoms with Crippen molar-refractivity contribution < 1.29 is 24.2 Å². The standard InChI is InChI=1S/C10H15NO5S/c1-4-16-9(15)10(3)11(6(2)12)7(5-17-10)8(13)14/h7H,4-5H2,1-3H3,(H,13,14)/t7-,10+/m1/s1. The molecule has 0 aromatic rings. The summed E-state index contributed by atoms with van der Waals surface area (Å²) in [6.45, 7) is 4.62. The van der Waals surface area contributed by atoms with Gasteiger partial charge in [0, 0.05) is 12.7 Å². The van der Waals surface area contributed by atoms with E-state index in [0.29, 0.717) is 0 Å². The molecule has 96 valence electrons. The van der Waals surface area contributed by atoms with Gasteiger partial charge in [-0.3, -0.25) is 4.79 Å². The Morgan fingerprint density at radius 1 is 1.53 bits per heavy atom. The third kappa shape index (κ3) is 2.38. The molecule has 0 bridgehead atoms. The smallest absolute Gasteiger partial charge is 0.342 e. The van der Waals surface area contributed by atoms with Crippen molar-refractivity contribution in [3.63, 3.8) is 0 Å². The van der Waals surface area contributed by atoms with Gasteiger partial charge in [0.15, 0.2) is 4.87 Å². The highest BCUT2D eigenvalue weighted by molar-refractivity contribution is 8.01. The van der Waals surface area contributed by atoms with Gasteiger partial charge in [0.2, 0.25) is 5.91 Å². The van der Waals surface area contributed by atoms with Gasteiger partial charge in [0.05, 0.1) is 6.61 Å². The van der Waals surface area contributed by atoms with Crippen molar-refractivity contribution in [1.29, 1.82) is 0 Å². The first-order chi connectivity index (χ1) is 7.84. The number of nitrogens with zero attached hydrogens (tertiary/aromatic N) is 1. The first kappa shape index (κ1) is 13.8. The van der Waals surface area contributed by atoms with E-state index in [1.165, 1.54) is 13.8 Å². The van der Waals surface area contributed by atoms with Crippen LogP contribution in [0.25, 0.3) is 0 Å².